The number of nitrogens with zero attached hydrogens (tertiary/aromatic N) is 2. The summed E-state index contributed by atoms with van der Waals surface area (Å²) in [4.78, 5) is 13.6. The zero-order valence-corrected chi connectivity index (χ0v) is 21.2. The number of hydrogen-bond acceptors (Lipinski definition) is 5. The van der Waals surface area contributed by atoms with Gasteiger partial charge in [-0.05, 0) is 35.2 Å². The number of ketones is 1. The predicted octanol–water partition coefficient (Wildman–Crippen LogP) is 4.24. The molecule has 1 aromatic heterocycles. The number of sulfonamides is 1. The number of carbonyl (C=O) groups is 1. The van der Waals surface area contributed by atoms with Crippen molar-refractivity contribution in [1.29, 1.82) is 5.41 Å². The van der Waals surface area contributed by atoms with Gasteiger partial charge in [-0.15, -0.1) is 0 Å². The lowest BCUT2D eigenvalue weighted by Gasteiger charge is -2.28. The fourth-order valence-corrected chi connectivity index (χ4v) is 5.35. The van der Waals surface area contributed by atoms with Crippen molar-refractivity contribution in [2.45, 2.75) is 39.3 Å². The van der Waals surface area contributed by atoms with Crippen LogP contribution in [0.4, 0.5) is 5.69 Å². The van der Waals surface area contributed by atoms with E-state index in [0.29, 0.717) is 17.9 Å². The third-order valence-electron chi connectivity index (χ3n) is 6.30. The molecular formula is C27H28N4O4S. The largest absolute Gasteiger partial charge is 0.473 e. The van der Waals surface area contributed by atoms with Gasteiger partial charge < -0.3 is 13.9 Å². The van der Waals surface area contributed by atoms with Crippen molar-refractivity contribution >= 4 is 32.5 Å². The summed E-state index contributed by atoms with van der Waals surface area (Å²) >= 11 is 0. The Morgan fingerprint density at radius 2 is 1.64 bits per heavy atom. The Hall–Kier alpha value is -3.85. The van der Waals surface area contributed by atoms with Gasteiger partial charge in [-0.2, -0.15) is 0 Å². The van der Waals surface area contributed by atoms with Crippen molar-refractivity contribution in [1.82, 2.24) is 9.13 Å². The average molecular weight is 505 g/mol. The summed E-state index contributed by atoms with van der Waals surface area (Å²) in [5.74, 6) is -0.244. The van der Waals surface area contributed by atoms with Gasteiger partial charge in [0.1, 0.15) is 5.75 Å². The lowest BCUT2D eigenvalue weighted by atomic mass is 9.84. The molecule has 4 aromatic rings. The molecule has 0 saturated carbocycles. The van der Waals surface area contributed by atoms with E-state index in [0.717, 1.165) is 22.2 Å². The van der Waals surface area contributed by atoms with E-state index in [-0.39, 0.29) is 29.0 Å². The summed E-state index contributed by atoms with van der Waals surface area (Å²) in [6.45, 7) is 6.40. The van der Waals surface area contributed by atoms with Crippen LogP contribution < -0.4 is 15.1 Å². The van der Waals surface area contributed by atoms with E-state index in [1.54, 1.807) is 10.6 Å². The molecule has 0 aliphatic carbocycles. The molecule has 9 heteroatoms. The second-order valence-electron chi connectivity index (χ2n) is 10.0. The minimum absolute atomic E-state index is 0.0584. The Balaban J connectivity index is 1.57. The average Bonchev–Trinajstić information content (AvgIpc) is 3.08. The van der Waals surface area contributed by atoms with Gasteiger partial charge in [0.2, 0.25) is 11.6 Å². The first kappa shape index (κ1) is 23.9. The second kappa shape index (κ2) is 8.67. The van der Waals surface area contributed by atoms with Gasteiger partial charge in [0.05, 0.1) is 29.8 Å². The highest BCUT2D eigenvalue weighted by molar-refractivity contribution is 7.92. The Kier molecular flexibility index (Phi) is 5.75. The topological polar surface area (TPSA) is 106 Å². The van der Waals surface area contributed by atoms with Gasteiger partial charge in [-0.3, -0.25) is 14.9 Å². The van der Waals surface area contributed by atoms with Crippen LogP contribution in [0.25, 0.3) is 11.0 Å². The maximum absolute atomic E-state index is 13.6. The molecular weight excluding hydrogens is 476 g/mol. The highest BCUT2D eigenvalue weighted by Gasteiger charge is 2.30. The normalized spacial score (nSPS) is 14.6. The summed E-state index contributed by atoms with van der Waals surface area (Å²) in [5.41, 5.74) is 3.90. The number of ether oxygens (including phenoxy) is 1. The first-order valence-electron chi connectivity index (χ1n) is 11.6. The number of hydrogen-bond donors (Lipinski definition) is 2. The van der Waals surface area contributed by atoms with E-state index in [1.807, 2.05) is 79.9 Å². The van der Waals surface area contributed by atoms with Crippen molar-refractivity contribution in [2.75, 3.05) is 10.7 Å². The number of Topliss-reactive ketones (excluding diaryl/α,β-unsaturated/α-hetero) is 1. The zero-order valence-electron chi connectivity index (χ0n) is 20.4. The molecule has 1 aliphatic rings. The third kappa shape index (κ3) is 4.42. The first-order valence-corrected chi connectivity index (χ1v) is 13.3. The lowest BCUT2D eigenvalue weighted by molar-refractivity contribution is 0.0971. The molecule has 0 atom stereocenters. The van der Waals surface area contributed by atoms with Crippen molar-refractivity contribution in [2.24, 2.45) is 0 Å². The third-order valence-corrected chi connectivity index (χ3v) is 7.26. The number of fused-ring (bicyclic) bond motifs is 2. The number of anilines is 1. The molecule has 0 fully saturated rings. The standard InChI is InChI=1S/C27H28N4O4S/c1-27(2,3)20-13-19(14-21-25(20)35-17-36(33,34)29-21)24(32)16-31-23-12-8-7-11-22(23)30(26(31)28)15-18-9-5-4-6-10-18/h4-14,28-29H,15-17H2,1-3H3. The van der Waals surface area contributed by atoms with Gasteiger partial charge in [-0.1, -0.05) is 63.2 Å². The molecule has 36 heavy (non-hydrogen) atoms. The minimum atomic E-state index is -3.64. The molecule has 0 radical (unpaired) electrons. The minimum Gasteiger partial charge on any atom is -0.473 e. The number of rotatable bonds is 5. The van der Waals surface area contributed by atoms with Gasteiger partial charge >= 0.3 is 0 Å². The quantitative estimate of drug-likeness (QED) is 0.397. The molecule has 0 spiro atoms. The van der Waals surface area contributed by atoms with Crippen LogP contribution in [0.2, 0.25) is 0 Å². The van der Waals surface area contributed by atoms with E-state index < -0.39 is 16.0 Å². The first-order chi connectivity index (χ1) is 17.0. The Bertz CT molecular complexity index is 1650. The van der Waals surface area contributed by atoms with Gasteiger partial charge in [0, 0.05) is 11.1 Å². The predicted molar refractivity (Wildman–Crippen MR) is 139 cm³/mol. The molecule has 0 bridgehead atoms. The van der Waals surface area contributed by atoms with Crippen LogP contribution in [0.5, 0.6) is 5.75 Å². The Morgan fingerprint density at radius 1 is 1.00 bits per heavy atom. The molecule has 2 heterocycles. The monoisotopic (exact) mass is 504 g/mol. The van der Waals surface area contributed by atoms with Crippen LogP contribution in [0.1, 0.15) is 42.3 Å². The number of para-hydroxylation sites is 2. The second-order valence-corrected chi connectivity index (χ2v) is 11.7. The highest BCUT2D eigenvalue weighted by atomic mass is 32.2. The fraction of sp³-hybridized carbons (Fsp3) is 0.259. The lowest BCUT2D eigenvalue weighted by Crippen LogP contribution is -2.29. The van der Waals surface area contributed by atoms with Crippen molar-refractivity contribution in [3.8, 4) is 5.75 Å². The molecule has 8 nitrogen and oxygen atoms in total. The van der Waals surface area contributed by atoms with E-state index >= 15 is 0 Å². The van der Waals surface area contributed by atoms with E-state index in [1.165, 1.54) is 6.07 Å². The molecule has 0 amide bonds. The van der Waals surface area contributed by atoms with Crippen molar-refractivity contribution in [3.05, 3.63) is 89.0 Å². The number of nitrogens with one attached hydrogen (secondary N) is 2. The van der Waals surface area contributed by atoms with Crippen LogP contribution in [0.3, 0.4) is 0 Å². The number of imidazole rings is 1. The maximum Gasteiger partial charge on any atom is 0.268 e. The van der Waals surface area contributed by atoms with Crippen LogP contribution in [-0.4, -0.2) is 29.3 Å². The van der Waals surface area contributed by atoms with Crippen molar-refractivity contribution < 1.29 is 17.9 Å². The Morgan fingerprint density at radius 3 is 2.31 bits per heavy atom. The van der Waals surface area contributed by atoms with E-state index in [4.69, 9.17) is 10.1 Å². The van der Waals surface area contributed by atoms with Crippen LogP contribution in [0.15, 0.2) is 66.7 Å². The molecule has 1 aliphatic heterocycles. The van der Waals surface area contributed by atoms with Gasteiger partial charge in [-0.25, -0.2) is 8.42 Å². The van der Waals surface area contributed by atoms with Crippen LogP contribution in [-0.2, 0) is 28.5 Å². The maximum atomic E-state index is 13.6. The molecule has 0 unspecified atom stereocenters. The summed E-state index contributed by atoms with van der Waals surface area (Å²) in [5, 5.41) is 8.89. The SMILES string of the molecule is CC(C)(C)c1cc(C(=O)Cn2c(=N)n(Cc3ccccc3)c3ccccc32)cc2c1OCS(=O)(=O)N2. The summed E-state index contributed by atoms with van der Waals surface area (Å²) in [7, 11) is -3.64. The highest BCUT2D eigenvalue weighted by Crippen LogP contribution is 2.41. The molecule has 186 valence electrons. The Labute approximate surface area is 209 Å². The number of aromatic nitrogens is 2. The smallest absolute Gasteiger partial charge is 0.268 e. The summed E-state index contributed by atoms with van der Waals surface area (Å²) < 4.78 is 36.0. The van der Waals surface area contributed by atoms with Gasteiger partial charge in [0.25, 0.3) is 10.0 Å². The van der Waals surface area contributed by atoms with E-state index in [9.17, 15) is 13.2 Å². The zero-order chi connectivity index (χ0) is 25.7. The number of benzene rings is 3. The van der Waals surface area contributed by atoms with Gasteiger partial charge in [0.15, 0.2) is 5.78 Å². The molecule has 5 rings (SSSR count). The molecule has 0 saturated heterocycles. The van der Waals surface area contributed by atoms with Crippen molar-refractivity contribution in [3.63, 3.8) is 0 Å². The van der Waals surface area contributed by atoms with Crippen LogP contribution in [0, 0.1) is 5.41 Å². The fourth-order valence-electron chi connectivity index (χ4n) is 4.53. The van der Waals surface area contributed by atoms with Crippen LogP contribution >= 0.6 is 0 Å². The summed E-state index contributed by atoms with van der Waals surface area (Å²) in [6, 6.07) is 20.8. The molecule has 2 N–H and O–H groups in total. The number of carbonyl (C=O) groups excluding carboxylic acids is 1. The summed E-state index contributed by atoms with van der Waals surface area (Å²) in [6.07, 6.45) is 0. The van der Waals surface area contributed by atoms with E-state index in [2.05, 4.69) is 4.72 Å². The molecule has 3 aromatic carbocycles.